The van der Waals surface area contributed by atoms with Crippen molar-refractivity contribution in [1.29, 1.82) is 0 Å². The number of rotatable bonds is 4. The van der Waals surface area contributed by atoms with Gasteiger partial charge in [-0.1, -0.05) is 13.3 Å². The Hall–Kier alpha value is -0.940. The van der Waals surface area contributed by atoms with Gasteiger partial charge in [-0.25, -0.2) is 9.78 Å². The van der Waals surface area contributed by atoms with E-state index in [0.29, 0.717) is 18.2 Å². The molecule has 0 bridgehead atoms. The predicted octanol–water partition coefficient (Wildman–Crippen LogP) is 3.37. The first kappa shape index (κ1) is 14.5. The number of carbonyl (C=O) groups excluding carboxylic acids is 1. The Bertz CT molecular complexity index is 446. The maximum Gasteiger partial charge on any atom is 0.357 e. The van der Waals surface area contributed by atoms with Crippen molar-refractivity contribution < 1.29 is 14.3 Å². The van der Waals surface area contributed by atoms with E-state index in [-0.39, 0.29) is 11.6 Å². The maximum atomic E-state index is 11.7. The molecule has 0 N–H and O–H groups in total. The minimum absolute atomic E-state index is 0.312. The molecule has 1 aromatic rings. The SMILES string of the molecule is CCOC(=O)c1csc(C2(OC)CCCC(C)C2)n1. The van der Waals surface area contributed by atoms with Gasteiger partial charge in [0.15, 0.2) is 5.69 Å². The van der Waals surface area contributed by atoms with E-state index < -0.39 is 0 Å². The van der Waals surface area contributed by atoms with Gasteiger partial charge in [0.05, 0.1) is 6.61 Å². The van der Waals surface area contributed by atoms with E-state index in [2.05, 4.69) is 11.9 Å². The Kier molecular flexibility index (Phi) is 4.58. The zero-order chi connectivity index (χ0) is 13.9. The average molecular weight is 283 g/mol. The normalized spacial score (nSPS) is 27.2. The fraction of sp³-hybridized carbons (Fsp3) is 0.714. The fourth-order valence-electron chi connectivity index (χ4n) is 2.75. The summed E-state index contributed by atoms with van der Waals surface area (Å²) in [7, 11) is 1.74. The Labute approximate surface area is 118 Å². The summed E-state index contributed by atoms with van der Waals surface area (Å²) in [5.41, 5.74) is 0.0871. The van der Waals surface area contributed by atoms with E-state index in [1.807, 2.05) is 0 Å². The summed E-state index contributed by atoms with van der Waals surface area (Å²) in [5.74, 6) is 0.281. The first-order chi connectivity index (χ1) is 9.11. The number of aromatic nitrogens is 1. The highest BCUT2D eigenvalue weighted by Gasteiger charge is 2.39. The highest BCUT2D eigenvalue weighted by Crippen LogP contribution is 2.43. The van der Waals surface area contributed by atoms with Crippen LogP contribution < -0.4 is 0 Å². The summed E-state index contributed by atoms with van der Waals surface area (Å²) >= 11 is 1.50. The van der Waals surface area contributed by atoms with E-state index >= 15 is 0 Å². The molecule has 1 aromatic heterocycles. The van der Waals surface area contributed by atoms with E-state index in [9.17, 15) is 4.79 Å². The van der Waals surface area contributed by atoms with Crippen molar-refractivity contribution in [2.24, 2.45) is 5.92 Å². The molecule has 0 saturated heterocycles. The number of ether oxygens (including phenoxy) is 2. The molecule has 1 aliphatic rings. The van der Waals surface area contributed by atoms with Crippen LogP contribution in [0.2, 0.25) is 0 Å². The van der Waals surface area contributed by atoms with Crippen molar-refractivity contribution >= 4 is 17.3 Å². The number of nitrogens with zero attached hydrogens (tertiary/aromatic N) is 1. The number of carbonyl (C=O) groups is 1. The minimum Gasteiger partial charge on any atom is -0.461 e. The molecule has 0 aliphatic heterocycles. The molecule has 0 amide bonds. The van der Waals surface area contributed by atoms with Crippen LogP contribution in [0.3, 0.4) is 0 Å². The molecule has 5 heteroatoms. The molecule has 0 aromatic carbocycles. The second kappa shape index (κ2) is 6.01. The van der Waals surface area contributed by atoms with Crippen LogP contribution in [0, 0.1) is 5.92 Å². The van der Waals surface area contributed by atoms with E-state index in [1.54, 1.807) is 19.4 Å². The standard InChI is InChI=1S/C14H21NO3S/c1-4-18-12(16)11-9-19-13(15-11)14(17-3)7-5-6-10(2)8-14/h9-10H,4-8H2,1-3H3. The van der Waals surface area contributed by atoms with Crippen molar-refractivity contribution in [2.45, 2.75) is 45.1 Å². The van der Waals surface area contributed by atoms with Crippen LogP contribution in [0.4, 0.5) is 0 Å². The van der Waals surface area contributed by atoms with Gasteiger partial charge in [-0.2, -0.15) is 0 Å². The Morgan fingerprint density at radius 3 is 3.05 bits per heavy atom. The Balaban J connectivity index is 2.22. The maximum absolute atomic E-state index is 11.7. The molecule has 2 rings (SSSR count). The Morgan fingerprint density at radius 2 is 2.42 bits per heavy atom. The number of thiazole rings is 1. The second-order valence-electron chi connectivity index (χ2n) is 5.16. The lowest BCUT2D eigenvalue weighted by molar-refractivity contribution is -0.0581. The van der Waals surface area contributed by atoms with Gasteiger partial charge < -0.3 is 9.47 Å². The molecule has 2 atom stereocenters. The van der Waals surface area contributed by atoms with Crippen molar-refractivity contribution in [3.8, 4) is 0 Å². The molecular formula is C14H21NO3S. The highest BCUT2D eigenvalue weighted by atomic mass is 32.1. The lowest BCUT2D eigenvalue weighted by atomic mass is 9.79. The largest absolute Gasteiger partial charge is 0.461 e. The van der Waals surface area contributed by atoms with Crippen LogP contribution in [-0.4, -0.2) is 24.7 Å². The number of esters is 1. The average Bonchev–Trinajstić information content (AvgIpc) is 2.89. The highest BCUT2D eigenvalue weighted by molar-refractivity contribution is 7.10. The van der Waals surface area contributed by atoms with Gasteiger partial charge in [0, 0.05) is 12.5 Å². The summed E-state index contributed by atoms with van der Waals surface area (Å²) in [6.45, 7) is 4.41. The summed E-state index contributed by atoms with van der Waals surface area (Å²) in [4.78, 5) is 16.1. The zero-order valence-corrected chi connectivity index (χ0v) is 12.6. The lowest BCUT2D eigenvalue weighted by Gasteiger charge is -2.37. The summed E-state index contributed by atoms with van der Waals surface area (Å²) < 4.78 is 10.8. The predicted molar refractivity (Wildman–Crippen MR) is 74.4 cm³/mol. The number of hydrogen-bond donors (Lipinski definition) is 0. The van der Waals surface area contributed by atoms with E-state index in [1.165, 1.54) is 17.8 Å². The molecular weight excluding hydrogens is 262 g/mol. The van der Waals surface area contributed by atoms with Crippen LogP contribution in [0.15, 0.2) is 5.38 Å². The molecule has 0 spiro atoms. The van der Waals surface area contributed by atoms with Gasteiger partial charge >= 0.3 is 5.97 Å². The molecule has 1 heterocycles. The summed E-state index contributed by atoms with van der Waals surface area (Å²) in [6, 6.07) is 0. The van der Waals surface area contributed by atoms with Crippen molar-refractivity contribution in [3.05, 3.63) is 16.1 Å². The van der Waals surface area contributed by atoms with Crippen LogP contribution in [0.5, 0.6) is 0 Å². The van der Waals surface area contributed by atoms with Gasteiger partial charge in [0.1, 0.15) is 10.6 Å². The molecule has 106 valence electrons. The van der Waals surface area contributed by atoms with E-state index in [4.69, 9.17) is 9.47 Å². The number of hydrogen-bond acceptors (Lipinski definition) is 5. The molecule has 4 nitrogen and oxygen atoms in total. The van der Waals surface area contributed by atoms with Crippen molar-refractivity contribution in [3.63, 3.8) is 0 Å². The van der Waals surface area contributed by atoms with Crippen molar-refractivity contribution in [2.75, 3.05) is 13.7 Å². The van der Waals surface area contributed by atoms with E-state index in [0.717, 1.165) is 24.3 Å². The smallest absolute Gasteiger partial charge is 0.357 e. The third kappa shape index (κ3) is 2.98. The lowest BCUT2D eigenvalue weighted by Crippen LogP contribution is -2.34. The third-order valence-electron chi connectivity index (χ3n) is 3.72. The minimum atomic E-state index is -0.347. The molecule has 2 unspecified atom stereocenters. The fourth-order valence-corrected chi connectivity index (χ4v) is 3.76. The van der Waals surface area contributed by atoms with Crippen molar-refractivity contribution in [1.82, 2.24) is 4.98 Å². The quantitative estimate of drug-likeness (QED) is 0.795. The monoisotopic (exact) mass is 283 g/mol. The third-order valence-corrected chi connectivity index (χ3v) is 4.75. The molecule has 1 aliphatic carbocycles. The van der Waals surface area contributed by atoms with Gasteiger partial charge in [-0.3, -0.25) is 0 Å². The first-order valence-corrected chi connectivity index (χ1v) is 7.67. The first-order valence-electron chi connectivity index (χ1n) is 6.79. The molecule has 1 saturated carbocycles. The van der Waals surface area contributed by atoms with Crippen LogP contribution in [-0.2, 0) is 15.1 Å². The molecule has 19 heavy (non-hydrogen) atoms. The second-order valence-corrected chi connectivity index (χ2v) is 6.02. The molecule has 1 fully saturated rings. The van der Waals surface area contributed by atoms with Crippen LogP contribution >= 0.6 is 11.3 Å². The number of methoxy groups -OCH3 is 1. The van der Waals surface area contributed by atoms with Gasteiger partial charge in [0.25, 0.3) is 0 Å². The summed E-state index contributed by atoms with van der Waals surface area (Å²) in [6.07, 6.45) is 4.33. The van der Waals surface area contributed by atoms with Crippen LogP contribution in [0.1, 0.15) is 55.0 Å². The molecule has 0 radical (unpaired) electrons. The van der Waals surface area contributed by atoms with Gasteiger partial charge in [0.2, 0.25) is 0 Å². The van der Waals surface area contributed by atoms with Crippen LogP contribution in [0.25, 0.3) is 0 Å². The topological polar surface area (TPSA) is 48.4 Å². The van der Waals surface area contributed by atoms with Gasteiger partial charge in [-0.05, 0) is 32.1 Å². The Morgan fingerprint density at radius 1 is 1.63 bits per heavy atom. The summed E-state index contributed by atoms with van der Waals surface area (Å²) in [5, 5.41) is 2.68. The zero-order valence-electron chi connectivity index (χ0n) is 11.8. The van der Waals surface area contributed by atoms with Gasteiger partial charge in [-0.15, -0.1) is 11.3 Å².